The molecule has 0 atom stereocenters. The molecule has 1 nitrogen and oxygen atoms in total. The van der Waals surface area contributed by atoms with Gasteiger partial charge in [0.1, 0.15) is 5.82 Å². The molecule has 1 aromatic carbocycles. The van der Waals surface area contributed by atoms with Crippen LogP contribution in [0.4, 0.5) is 4.39 Å². The van der Waals surface area contributed by atoms with Gasteiger partial charge >= 0.3 is 0 Å². The van der Waals surface area contributed by atoms with Gasteiger partial charge in [-0.05, 0) is 42.9 Å². The Balaban J connectivity index is 1.85. The van der Waals surface area contributed by atoms with Gasteiger partial charge in [0.2, 0.25) is 0 Å². The molecule has 0 aromatic heterocycles. The van der Waals surface area contributed by atoms with E-state index >= 15 is 0 Å². The number of hydrogen-bond acceptors (Lipinski definition) is 2. The highest BCUT2D eigenvalue weighted by atomic mass is 79.9. The smallest absolute Gasteiger partial charge is 0.124 e. The van der Waals surface area contributed by atoms with Crippen molar-refractivity contribution in [2.45, 2.75) is 24.1 Å². The zero-order valence-electron chi connectivity index (χ0n) is 9.22. The third kappa shape index (κ3) is 3.22. The van der Waals surface area contributed by atoms with Crippen LogP contribution in [-0.2, 0) is 6.54 Å². The third-order valence-electron chi connectivity index (χ3n) is 2.94. The Morgan fingerprint density at radius 3 is 2.75 bits per heavy atom. The molecule has 1 aromatic rings. The van der Waals surface area contributed by atoms with Crippen molar-refractivity contribution in [1.29, 1.82) is 0 Å². The lowest BCUT2D eigenvalue weighted by molar-refractivity contribution is 0.617. The first kappa shape index (κ1) is 12.4. The van der Waals surface area contributed by atoms with Crippen molar-refractivity contribution in [2.75, 3.05) is 12.8 Å². The molecule has 4 heteroatoms. The van der Waals surface area contributed by atoms with Gasteiger partial charge < -0.3 is 5.32 Å². The number of halogens is 2. The minimum atomic E-state index is -0.183. The number of rotatable bonds is 5. The van der Waals surface area contributed by atoms with Gasteiger partial charge in [0.05, 0.1) is 0 Å². The van der Waals surface area contributed by atoms with Crippen molar-refractivity contribution in [1.82, 2.24) is 5.32 Å². The van der Waals surface area contributed by atoms with E-state index in [2.05, 4.69) is 27.5 Å². The summed E-state index contributed by atoms with van der Waals surface area (Å²) in [6, 6.07) is 5.01. The molecule has 2 rings (SSSR count). The largest absolute Gasteiger partial charge is 0.311 e. The van der Waals surface area contributed by atoms with E-state index in [1.54, 1.807) is 6.07 Å². The second kappa shape index (κ2) is 5.07. The van der Waals surface area contributed by atoms with Gasteiger partial charge in [0, 0.05) is 22.3 Å². The van der Waals surface area contributed by atoms with Crippen LogP contribution >= 0.6 is 27.7 Å². The highest BCUT2D eigenvalue weighted by Crippen LogP contribution is 2.46. The van der Waals surface area contributed by atoms with Crippen molar-refractivity contribution >= 4 is 27.7 Å². The number of benzene rings is 1. The maximum Gasteiger partial charge on any atom is 0.124 e. The topological polar surface area (TPSA) is 12.0 Å². The zero-order valence-corrected chi connectivity index (χ0v) is 11.6. The Kier molecular flexibility index (Phi) is 3.93. The van der Waals surface area contributed by atoms with Gasteiger partial charge in [0.15, 0.2) is 0 Å². The summed E-state index contributed by atoms with van der Waals surface area (Å²) in [6.45, 7) is 1.75. The second-order valence-corrected chi connectivity index (χ2v) is 6.46. The summed E-state index contributed by atoms with van der Waals surface area (Å²) in [4.78, 5) is 0. The molecule has 0 unspecified atom stereocenters. The number of nitrogens with one attached hydrogen (secondary N) is 1. The molecule has 1 N–H and O–H groups in total. The molecular formula is C12H15BrFNS. The van der Waals surface area contributed by atoms with E-state index in [-0.39, 0.29) is 5.82 Å². The van der Waals surface area contributed by atoms with Crippen LogP contribution in [0.2, 0.25) is 0 Å². The van der Waals surface area contributed by atoms with E-state index in [1.807, 2.05) is 17.8 Å². The Morgan fingerprint density at radius 2 is 2.19 bits per heavy atom. The molecule has 1 aliphatic carbocycles. The van der Waals surface area contributed by atoms with Gasteiger partial charge in [-0.3, -0.25) is 0 Å². The van der Waals surface area contributed by atoms with E-state index in [9.17, 15) is 4.39 Å². The molecule has 0 aliphatic heterocycles. The van der Waals surface area contributed by atoms with Crippen molar-refractivity contribution in [3.63, 3.8) is 0 Å². The van der Waals surface area contributed by atoms with Crippen LogP contribution in [0, 0.1) is 5.82 Å². The predicted octanol–water partition coefficient (Wildman–Crippen LogP) is 3.57. The van der Waals surface area contributed by atoms with E-state index in [4.69, 9.17) is 0 Å². The summed E-state index contributed by atoms with van der Waals surface area (Å²) in [7, 11) is 0. The average Bonchev–Trinajstić information content (AvgIpc) is 2.97. The molecule has 0 spiro atoms. The Hall–Kier alpha value is -0.0600. The summed E-state index contributed by atoms with van der Waals surface area (Å²) >= 11 is 5.23. The maximum absolute atomic E-state index is 13.1. The minimum absolute atomic E-state index is 0.183. The molecule has 0 bridgehead atoms. The predicted molar refractivity (Wildman–Crippen MR) is 71.3 cm³/mol. The fraction of sp³-hybridized carbons (Fsp3) is 0.500. The van der Waals surface area contributed by atoms with Gasteiger partial charge in [-0.25, -0.2) is 4.39 Å². The maximum atomic E-state index is 13.1. The van der Waals surface area contributed by atoms with Crippen LogP contribution < -0.4 is 5.32 Å². The quantitative estimate of drug-likeness (QED) is 0.892. The second-order valence-electron chi connectivity index (χ2n) is 4.27. The lowest BCUT2D eigenvalue weighted by Gasteiger charge is -2.13. The SMILES string of the molecule is CSC1(CNCc2cc(F)cc(Br)c2)CC1. The first-order chi connectivity index (χ1) is 7.63. The summed E-state index contributed by atoms with van der Waals surface area (Å²) in [6.07, 6.45) is 4.76. The lowest BCUT2D eigenvalue weighted by Crippen LogP contribution is -2.25. The van der Waals surface area contributed by atoms with Gasteiger partial charge in [0.25, 0.3) is 0 Å². The summed E-state index contributed by atoms with van der Waals surface area (Å²) in [5.41, 5.74) is 0.990. The fourth-order valence-corrected chi connectivity index (χ4v) is 3.01. The Bertz CT molecular complexity index is 359. The van der Waals surface area contributed by atoms with Crippen molar-refractivity contribution in [3.8, 4) is 0 Å². The standard InChI is InChI=1S/C12H15BrFNS/c1-16-12(2-3-12)8-15-7-9-4-10(13)6-11(14)5-9/h4-6,15H,2-3,7-8H2,1H3. The molecule has 1 aliphatic rings. The molecule has 0 saturated heterocycles. The van der Waals surface area contributed by atoms with Crippen LogP contribution in [0.5, 0.6) is 0 Å². The van der Waals surface area contributed by atoms with Crippen LogP contribution in [0.15, 0.2) is 22.7 Å². The normalized spacial score (nSPS) is 17.4. The summed E-state index contributed by atoms with van der Waals surface area (Å²) in [5, 5.41) is 3.40. The monoisotopic (exact) mass is 303 g/mol. The molecule has 1 fully saturated rings. The van der Waals surface area contributed by atoms with Crippen LogP contribution in [0.3, 0.4) is 0 Å². The van der Waals surface area contributed by atoms with Gasteiger partial charge in [-0.2, -0.15) is 11.8 Å². The van der Waals surface area contributed by atoms with Crippen LogP contribution in [-0.4, -0.2) is 17.5 Å². The van der Waals surface area contributed by atoms with E-state index in [0.29, 0.717) is 4.75 Å². The molecule has 0 amide bonds. The third-order valence-corrected chi connectivity index (χ3v) is 4.82. The van der Waals surface area contributed by atoms with Crippen molar-refractivity contribution < 1.29 is 4.39 Å². The highest BCUT2D eigenvalue weighted by molar-refractivity contribution is 9.10. The molecule has 0 heterocycles. The van der Waals surface area contributed by atoms with E-state index in [0.717, 1.165) is 23.1 Å². The van der Waals surface area contributed by atoms with Gasteiger partial charge in [-0.15, -0.1) is 0 Å². The molecule has 1 saturated carbocycles. The molecule has 0 radical (unpaired) electrons. The molecule has 88 valence electrons. The van der Waals surface area contributed by atoms with Crippen molar-refractivity contribution in [3.05, 3.63) is 34.1 Å². The first-order valence-corrected chi connectivity index (χ1v) is 7.36. The number of thioether (sulfide) groups is 1. The minimum Gasteiger partial charge on any atom is -0.311 e. The Morgan fingerprint density at radius 1 is 1.44 bits per heavy atom. The highest BCUT2D eigenvalue weighted by Gasteiger charge is 2.41. The van der Waals surface area contributed by atoms with Crippen LogP contribution in [0.1, 0.15) is 18.4 Å². The van der Waals surface area contributed by atoms with Crippen LogP contribution in [0.25, 0.3) is 0 Å². The lowest BCUT2D eigenvalue weighted by atomic mass is 10.2. The summed E-state index contributed by atoms with van der Waals surface area (Å²) in [5.74, 6) is -0.183. The van der Waals surface area contributed by atoms with Crippen molar-refractivity contribution in [2.24, 2.45) is 0 Å². The zero-order chi connectivity index (χ0) is 11.6. The van der Waals surface area contributed by atoms with E-state index < -0.39 is 0 Å². The van der Waals surface area contributed by atoms with Gasteiger partial charge in [-0.1, -0.05) is 15.9 Å². The summed E-state index contributed by atoms with van der Waals surface area (Å²) < 4.78 is 14.4. The fourth-order valence-electron chi connectivity index (χ4n) is 1.74. The molecule has 16 heavy (non-hydrogen) atoms. The molecular weight excluding hydrogens is 289 g/mol. The van der Waals surface area contributed by atoms with E-state index in [1.165, 1.54) is 18.9 Å². The Labute approximate surface area is 108 Å². The average molecular weight is 304 g/mol. The number of hydrogen-bond donors (Lipinski definition) is 1. The first-order valence-electron chi connectivity index (χ1n) is 5.34.